The van der Waals surface area contributed by atoms with Gasteiger partial charge in [-0.3, -0.25) is 4.79 Å². The monoisotopic (exact) mass is 278 g/mol. The second kappa shape index (κ2) is 8.72. The lowest BCUT2D eigenvalue weighted by molar-refractivity contribution is -0.116. The molecule has 0 saturated heterocycles. The number of rotatable bonds is 8. The van der Waals surface area contributed by atoms with E-state index < -0.39 is 0 Å². The van der Waals surface area contributed by atoms with Crippen LogP contribution in [0.2, 0.25) is 0 Å². The van der Waals surface area contributed by atoms with Crippen LogP contribution >= 0.6 is 0 Å². The molecule has 4 heteroatoms. The maximum absolute atomic E-state index is 11.9. The molecular weight excluding hydrogens is 252 g/mol. The van der Waals surface area contributed by atoms with Crippen LogP contribution in [0.3, 0.4) is 0 Å². The standard InChI is InChI=1S/C16H26N2O2/c1-12-10-13(2)16(14(3)11-12)18-15(19)6-8-17-7-5-9-20-4/h10-11,17H,5-9H2,1-4H3,(H,18,19). The molecule has 0 saturated carbocycles. The predicted molar refractivity (Wildman–Crippen MR) is 83.3 cm³/mol. The van der Waals surface area contributed by atoms with Gasteiger partial charge in [0.2, 0.25) is 5.91 Å². The van der Waals surface area contributed by atoms with E-state index in [4.69, 9.17) is 4.74 Å². The normalized spacial score (nSPS) is 10.6. The molecule has 112 valence electrons. The summed E-state index contributed by atoms with van der Waals surface area (Å²) in [6.45, 7) is 8.44. The van der Waals surface area contributed by atoms with Crippen molar-refractivity contribution in [2.75, 3.05) is 32.1 Å². The lowest BCUT2D eigenvalue weighted by atomic mass is 10.1. The molecule has 0 unspecified atom stereocenters. The van der Waals surface area contributed by atoms with Crippen molar-refractivity contribution in [3.8, 4) is 0 Å². The van der Waals surface area contributed by atoms with Gasteiger partial charge in [0.1, 0.15) is 0 Å². The lowest BCUT2D eigenvalue weighted by Gasteiger charge is -2.13. The van der Waals surface area contributed by atoms with Gasteiger partial charge in [-0.05, 0) is 44.9 Å². The third-order valence-corrected chi connectivity index (χ3v) is 3.17. The molecule has 1 aromatic carbocycles. The minimum absolute atomic E-state index is 0.0549. The molecule has 0 fully saturated rings. The summed E-state index contributed by atoms with van der Waals surface area (Å²) in [7, 11) is 1.69. The first-order chi connectivity index (χ1) is 9.54. The first-order valence-electron chi connectivity index (χ1n) is 7.12. The van der Waals surface area contributed by atoms with Gasteiger partial charge in [-0.2, -0.15) is 0 Å². The molecular formula is C16H26N2O2. The summed E-state index contributed by atoms with van der Waals surface area (Å²) < 4.78 is 4.97. The van der Waals surface area contributed by atoms with Crippen LogP contribution in [0.25, 0.3) is 0 Å². The number of carbonyl (C=O) groups is 1. The van der Waals surface area contributed by atoms with Crippen LogP contribution in [0.5, 0.6) is 0 Å². The third kappa shape index (κ3) is 5.72. The van der Waals surface area contributed by atoms with Gasteiger partial charge in [0.15, 0.2) is 0 Å². The number of anilines is 1. The Balaban J connectivity index is 2.36. The molecule has 4 nitrogen and oxygen atoms in total. The second-order valence-electron chi connectivity index (χ2n) is 5.17. The van der Waals surface area contributed by atoms with Crippen LogP contribution < -0.4 is 10.6 Å². The zero-order valence-corrected chi connectivity index (χ0v) is 13.0. The topological polar surface area (TPSA) is 50.4 Å². The minimum Gasteiger partial charge on any atom is -0.385 e. The Morgan fingerprint density at radius 2 is 1.80 bits per heavy atom. The lowest BCUT2D eigenvalue weighted by Crippen LogP contribution is -2.23. The maximum atomic E-state index is 11.9. The van der Waals surface area contributed by atoms with Gasteiger partial charge in [0.05, 0.1) is 0 Å². The van der Waals surface area contributed by atoms with E-state index in [1.807, 2.05) is 13.8 Å². The number of ether oxygens (including phenoxy) is 1. The molecule has 0 bridgehead atoms. The Hall–Kier alpha value is -1.39. The van der Waals surface area contributed by atoms with Crippen molar-refractivity contribution in [1.82, 2.24) is 5.32 Å². The fourth-order valence-electron chi connectivity index (χ4n) is 2.25. The van der Waals surface area contributed by atoms with Crippen LogP contribution in [-0.4, -0.2) is 32.7 Å². The Morgan fingerprint density at radius 1 is 1.15 bits per heavy atom. The molecule has 1 rings (SSSR count). The molecule has 0 aliphatic carbocycles. The highest BCUT2D eigenvalue weighted by atomic mass is 16.5. The smallest absolute Gasteiger partial charge is 0.225 e. The van der Waals surface area contributed by atoms with Crippen LogP contribution in [0.15, 0.2) is 12.1 Å². The maximum Gasteiger partial charge on any atom is 0.225 e. The van der Waals surface area contributed by atoms with Crippen molar-refractivity contribution < 1.29 is 9.53 Å². The Morgan fingerprint density at radius 3 is 2.40 bits per heavy atom. The van der Waals surface area contributed by atoms with E-state index in [0.717, 1.165) is 36.4 Å². The largest absolute Gasteiger partial charge is 0.385 e. The van der Waals surface area contributed by atoms with Crippen molar-refractivity contribution in [3.63, 3.8) is 0 Å². The number of hydrogen-bond donors (Lipinski definition) is 2. The SMILES string of the molecule is COCCCNCCC(=O)Nc1c(C)cc(C)cc1C. The highest BCUT2D eigenvalue weighted by Crippen LogP contribution is 2.21. The molecule has 2 N–H and O–H groups in total. The van der Waals surface area contributed by atoms with Gasteiger partial charge in [0, 0.05) is 32.4 Å². The number of nitrogens with one attached hydrogen (secondary N) is 2. The molecule has 0 heterocycles. The van der Waals surface area contributed by atoms with E-state index in [9.17, 15) is 4.79 Å². The summed E-state index contributed by atoms with van der Waals surface area (Å²) in [4.78, 5) is 11.9. The molecule has 1 aromatic rings. The van der Waals surface area contributed by atoms with Crippen LogP contribution in [0, 0.1) is 20.8 Å². The number of aryl methyl sites for hydroxylation is 3. The van der Waals surface area contributed by atoms with E-state index in [-0.39, 0.29) is 5.91 Å². The molecule has 0 spiro atoms. The van der Waals surface area contributed by atoms with E-state index in [1.165, 1.54) is 5.56 Å². The molecule has 0 aromatic heterocycles. The first kappa shape index (κ1) is 16.7. The summed E-state index contributed by atoms with van der Waals surface area (Å²) in [6.07, 6.45) is 1.45. The van der Waals surface area contributed by atoms with Gasteiger partial charge in [-0.15, -0.1) is 0 Å². The quantitative estimate of drug-likeness (QED) is 0.719. The Bertz CT molecular complexity index is 421. The number of carbonyl (C=O) groups excluding carboxylic acids is 1. The Labute approximate surface area is 121 Å². The molecule has 0 aliphatic heterocycles. The van der Waals surface area contributed by atoms with Gasteiger partial charge >= 0.3 is 0 Å². The summed E-state index contributed by atoms with van der Waals surface area (Å²) in [5, 5.41) is 6.24. The minimum atomic E-state index is 0.0549. The molecule has 20 heavy (non-hydrogen) atoms. The highest BCUT2D eigenvalue weighted by Gasteiger charge is 2.07. The summed E-state index contributed by atoms with van der Waals surface area (Å²) in [5.74, 6) is 0.0549. The summed E-state index contributed by atoms with van der Waals surface area (Å²) in [5.41, 5.74) is 4.39. The zero-order chi connectivity index (χ0) is 15.0. The van der Waals surface area contributed by atoms with Crippen molar-refractivity contribution >= 4 is 11.6 Å². The average molecular weight is 278 g/mol. The number of amides is 1. The fraction of sp³-hybridized carbons (Fsp3) is 0.562. The van der Waals surface area contributed by atoms with E-state index in [0.29, 0.717) is 13.0 Å². The van der Waals surface area contributed by atoms with Gasteiger partial charge < -0.3 is 15.4 Å². The molecule has 0 radical (unpaired) electrons. The van der Waals surface area contributed by atoms with Crippen molar-refractivity contribution in [2.45, 2.75) is 33.6 Å². The summed E-state index contributed by atoms with van der Waals surface area (Å²) >= 11 is 0. The van der Waals surface area contributed by atoms with E-state index in [1.54, 1.807) is 7.11 Å². The van der Waals surface area contributed by atoms with Gasteiger partial charge in [0.25, 0.3) is 0 Å². The van der Waals surface area contributed by atoms with Crippen molar-refractivity contribution in [3.05, 3.63) is 28.8 Å². The second-order valence-corrected chi connectivity index (χ2v) is 5.17. The average Bonchev–Trinajstić information content (AvgIpc) is 2.38. The van der Waals surface area contributed by atoms with E-state index >= 15 is 0 Å². The summed E-state index contributed by atoms with van der Waals surface area (Å²) in [6, 6.07) is 4.18. The van der Waals surface area contributed by atoms with Crippen molar-refractivity contribution in [1.29, 1.82) is 0 Å². The number of benzene rings is 1. The van der Waals surface area contributed by atoms with Crippen LogP contribution in [0.4, 0.5) is 5.69 Å². The fourth-order valence-corrected chi connectivity index (χ4v) is 2.25. The Kier molecular flexibility index (Phi) is 7.26. The van der Waals surface area contributed by atoms with Crippen molar-refractivity contribution in [2.24, 2.45) is 0 Å². The predicted octanol–water partition coefficient (Wildman–Crippen LogP) is 2.57. The van der Waals surface area contributed by atoms with Crippen LogP contribution in [-0.2, 0) is 9.53 Å². The van der Waals surface area contributed by atoms with Gasteiger partial charge in [-0.25, -0.2) is 0 Å². The first-order valence-corrected chi connectivity index (χ1v) is 7.12. The number of hydrogen-bond acceptors (Lipinski definition) is 3. The molecule has 0 aliphatic rings. The third-order valence-electron chi connectivity index (χ3n) is 3.17. The highest BCUT2D eigenvalue weighted by molar-refractivity contribution is 5.92. The molecule has 1 amide bonds. The number of methoxy groups -OCH3 is 1. The zero-order valence-electron chi connectivity index (χ0n) is 13.0. The van der Waals surface area contributed by atoms with Crippen LogP contribution in [0.1, 0.15) is 29.5 Å². The van der Waals surface area contributed by atoms with Gasteiger partial charge in [-0.1, -0.05) is 17.7 Å². The molecule has 0 atom stereocenters. The van der Waals surface area contributed by atoms with E-state index in [2.05, 4.69) is 29.7 Å².